The van der Waals surface area contributed by atoms with Crippen LogP contribution in [0.25, 0.3) is 16.7 Å². The second-order valence-corrected chi connectivity index (χ2v) is 9.46. The highest BCUT2D eigenvalue weighted by atomic mass is 16.6. The molecule has 3 heterocycles. The average molecular weight is 465 g/mol. The number of benzene rings is 1. The highest BCUT2D eigenvalue weighted by molar-refractivity contribution is 5.98. The van der Waals surface area contributed by atoms with Crippen molar-refractivity contribution < 1.29 is 19.1 Å². The van der Waals surface area contributed by atoms with Crippen molar-refractivity contribution >= 4 is 22.9 Å². The molecule has 0 bridgehead atoms. The van der Waals surface area contributed by atoms with Crippen molar-refractivity contribution in [2.45, 2.75) is 52.2 Å². The van der Waals surface area contributed by atoms with Crippen molar-refractivity contribution in [1.82, 2.24) is 19.8 Å². The number of ether oxygens (including phenoxy) is 2. The van der Waals surface area contributed by atoms with Crippen LogP contribution in [0, 0.1) is 0 Å². The molecule has 1 aliphatic heterocycles. The lowest BCUT2D eigenvalue weighted by atomic mass is 10.1. The Bertz CT molecular complexity index is 1160. The quantitative estimate of drug-likeness (QED) is 0.599. The Morgan fingerprint density at radius 2 is 1.88 bits per heavy atom. The zero-order valence-corrected chi connectivity index (χ0v) is 20.2. The summed E-state index contributed by atoms with van der Waals surface area (Å²) in [6.07, 6.45) is 4.93. The molecule has 180 valence electrons. The minimum atomic E-state index is -0.491. The van der Waals surface area contributed by atoms with E-state index in [1.807, 2.05) is 74.9 Å². The number of carbonyl (C=O) groups is 2. The minimum Gasteiger partial charge on any atom is -0.489 e. The monoisotopic (exact) mass is 464 g/mol. The molecule has 1 aromatic carbocycles. The number of aromatic nitrogens is 2. The van der Waals surface area contributed by atoms with Gasteiger partial charge in [-0.15, -0.1) is 0 Å². The van der Waals surface area contributed by atoms with Gasteiger partial charge >= 0.3 is 6.09 Å². The lowest BCUT2D eigenvalue weighted by molar-refractivity contribution is 0.0126. The molecule has 0 unspecified atom stereocenters. The number of pyridine rings is 1. The van der Waals surface area contributed by atoms with Gasteiger partial charge in [0.25, 0.3) is 5.91 Å². The van der Waals surface area contributed by atoms with Crippen LogP contribution in [-0.4, -0.2) is 57.8 Å². The largest absolute Gasteiger partial charge is 0.489 e. The van der Waals surface area contributed by atoms with E-state index in [1.165, 1.54) is 0 Å². The number of amides is 2. The van der Waals surface area contributed by atoms with Crippen molar-refractivity contribution in [1.29, 1.82) is 0 Å². The first kappa shape index (κ1) is 23.6. The third-order valence-electron chi connectivity index (χ3n) is 5.65. The molecule has 2 aromatic heterocycles. The van der Waals surface area contributed by atoms with E-state index in [0.29, 0.717) is 30.9 Å². The van der Waals surface area contributed by atoms with Crippen LogP contribution >= 0.6 is 0 Å². The molecule has 0 radical (unpaired) electrons. The van der Waals surface area contributed by atoms with E-state index < -0.39 is 5.60 Å². The molecule has 1 fully saturated rings. The Balaban J connectivity index is 1.37. The number of hydrogen-bond donors (Lipinski definition) is 1. The normalized spacial score (nSPS) is 14.8. The molecular formula is C26H32N4O4. The number of nitrogens with one attached hydrogen (secondary N) is 1. The summed E-state index contributed by atoms with van der Waals surface area (Å²) in [4.78, 5) is 30.7. The van der Waals surface area contributed by atoms with Crippen molar-refractivity contribution in [2.75, 3.05) is 19.6 Å². The summed E-state index contributed by atoms with van der Waals surface area (Å²) in [6.45, 7) is 9.33. The van der Waals surface area contributed by atoms with Crippen molar-refractivity contribution in [2.24, 2.45) is 0 Å². The second kappa shape index (κ2) is 9.75. The molecule has 2 amide bonds. The van der Waals surface area contributed by atoms with Crippen LogP contribution in [0.2, 0.25) is 0 Å². The van der Waals surface area contributed by atoms with Crippen LogP contribution < -0.4 is 10.1 Å². The SMILES string of the molecule is CCNC(=O)c1ccc2c(ccn2-c2ccc(OC3CCN(C(=O)OC(C)(C)C)CC3)cn2)c1. The molecule has 0 atom stereocenters. The molecule has 1 N–H and O–H groups in total. The van der Waals surface area contributed by atoms with Gasteiger partial charge in [0.05, 0.1) is 11.7 Å². The van der Waals surface area contributed by atoms with Gasteiger partial charge < -0.3 is 24.3 Å². The maximum atomic E-state index is 12.2. The zero-order valence-electron chi connectivity index (χ0n) is 20.2. The lowest BCUT2D eigenvalue weighted by Crippen LogP contribution is -2.44. The number of piperidine rings is 1. The highest BCUT2D eigenvalue weighted by Gasteiger charge is 2.27. The van der Waals surface area contributed by atoms with E-state index in [0.717, 1.165) is 29.6 Å². The van der Waals surface area contributed by atoms with E-state index >= 15 is 0 Å². The van der Waals surface area contributed by atoms with Crippen LogP contribution in [0.3, 0.4) is 0 Å². The number of fused-ring (bicyclic) bond motifs is 1. The summed E-state index contributed by atoms with van der Waals surface area (Å²) in [7, 11) is 0. The van der Waals surface area contributed by atoms with Gasteiger partial charge in [0, 0.05) is 49.6 Å². The molecule has 1 saturated heterocycles. The lowest BCUT2D eigenvalue weighted by Gasteiger charge is -2.33. The minimum absolute atomic E-state index is 0.0337. The summed E-state index contributed by atoms with van der Waals surface area (Å²) < 4.78 is 13.6. The molecule has 3 aromatic rings. The van der Waals surface area contributed by atoms with E-state index in [4.69, 9.17) is 9.47 Å². The Hall–Kier alpha value is -3.55. The van der Waals surface area contributed by atoms with Crippen molar-refractivity contribution in [3.8, 4) is 11.6 Å². The maximum Gasteiger partial charge on any atom is 0.410 e. The standard InChI is InChI=1S/C26H32N4O4/c1-5-27-24(31)19-6-8-22-18(16-19)10-15-30(22)23-9-7-21(17-28-23)33-20-11-13-29(14-12-20)25(32)34-26(2,3)4/h6-10,15-17,20H,5,11-14H2,1-4H3,(H,27,31). The van der Waals surface area contributed by atoms with Gasteiger partial charge in [-0.05, 0) is 64.1 Å². The smallest absolute Gasteiger partial charge is 0.410 e. The summed E-state index contributed by atoms with van der Waals surface area (Å²) in [6, 6.07) is 11.5. The van der Waals surface area contributed by atoms with E-state index in [2.05, 4.69) is 10.3 Å². The third kappa shape index (κ3) is 5.50. The van der Waals surface area contributed by atoms with Crippen molar-refractivity contribution in [3.63, 3.8) is 0 Å². The summed E-state index contributed by atoms with van der Waals surface area (Å²) >= 11 is 0. The first-order valence-corrected chi connectivity index (χ1v) is 11.7. The number of hydrogen-bond acceptors (Lipinski definition) is 5. The molecular weight excluding hydrogens is 432 g/mol. The summed E-state index contributed by atoms with van der Waals surface area (Å²) in [5, 5.41) is 3.80. The summed E-state index contributed by atoms with van der Waals surface area (Å²) in [5.41, 5.74) is 1.12. The molecule has 0 spiro atoms. The van der Waals surface area contributed by atoms with Gasteiger partial charge in [0.15, 0.2) is 0 Å². The average Bonchev–Trinajstić information content (AvgIpc) is 3.22. The topological polar surface area (TPSA) is 85.7 Å². The predicted molar refractivity (Wildman–Crippen MR) is 131 cm³/mol. The Morgan fingerprint density at radius 3 is 2.53 bits per heavy atom. The maximum absolute atomic E-state index is 12.2. The fourth-order valence-electron chi connectivity index (χ4n) is 4.01. The number of nitrogens with zero attached hydrogens (tertiary/aromatic N) is 3. The van der Waals surface area contributed by atoms with Crippen LogP contribution in [0.1, 0.15) is 50.9 Å². The van der Waals surface area contributed by atoms with Gasteiger partial charge in [0.1, 0.15) is 23.3 Å². The summed E-state index contributed by atoms with van der Waals surface area (Å²) in [5.74, 6) is 1.40. The van der Waals surface area contributed by atoms with Gasteiger partial charge in [0.2, 0.25) is 0 Å². The Kier molecular flexibility index (Phi) is 6.77. The number of likely N-dealkylation sites (tertiary alicyclic amines) is 1. The highest BCUT2D eigenvalue weighted by Crippen LogP contribution is 2.24. The zero-order chi connectivity index (χ0) is 24.3. The fraction of sp³-hybridized carbons (Fsp3) is 0.423. The van der Waals surface area contributed by atoms with Gasteiger partial charge in [-0.25, -0.2) is 9.78 Å². The third-order valence-corrected chi connectivity index (χ3v) is 5.65. The van der Waals surface area contributed by atoms with E-state index in [1.54, 1.807) is 11.1 Å². The van der Waals surface area contributed by atoms with Crippen LogP contribution in [0.5, 0.6) is 5.75 Å². The molecule has 34 heavy (non-hydrogen) atoms. The van der Waals surface area contributed by atoms with Gasteiger partial charge in [-0.3, -0.25) is 4.79 Å². The second-order valence-electron chi connectivity index (χ2n) is 9.46. The van der Waals surface area contributed by atoms with E-state index in [-0.39, 0.29) is 18.1 Å². The van der Waals surface area contributed by atoms with Crippen LogP contribution in [0.15, 0.2) is 48.8 Å². The first-order chi connectivity index (χ1) is 16.2. The molecule has 8 nitrogen and oxygen atoms in total. The van der Waals surface area contributed by atoms with Crippen molar-refractivity contribution in [3.05, 3.63) is 54.4 Å². The van der Waals surface area contributed by atoms with Crippen LogP contribution in [-0.2, 0) is 4.74 Å². The Labute approximate surface area is 199 Å². The number of rotatable bonds is 5. The number of carbonyl (C=O) groups excluding carboxylic acids is 2. The van der Waals surface area contributed by atoms with E-state index in [9.17, 15) is 9.59 Å². The van der Waals surface area contributed by atoms with Crippen LogP contribution in [0.4, 0.5) is 4.79 Å². The fourth-order valence-corrected chi connectivity index (χ4v) is 4.01. The molecule has 0 saturated carbocycles. The molecule has 0 aliphatic carbocycles. The molecule has 4 rings (SSSR count). The first-order valence-electron chi connectivity index (χ1n) is 11.7. The molecule has 1 aliphatic rings. The van der Waals surface area contributed by atoms with Gasteiger partial charge in [-0.2, -0.15) is 0 Å². The van der Waals surface area contributed by atoms with Gasteiger partial charge in [-0.1, -0.05) is 0 Å². The predicted octanol–water partition coefficient (Wildman–Crippen LogP) is 4.55. The Morgan fingerprint density at radius 1 is 1.12 bits per heavy atom. The molecule has 8 heteroatoms.